The van der Waals surface area contributed by atoms with E-state index in [9.17, 15) is 18.0 Å². The number of amidine groups is 1. The number of hydrogen-bond donors (Lipinski definition) is 1. The second kappa shape index (κ2) is 7.66. The van der Waals surface area contributed by atoms with Crippen molar-refractivity contribution in [2.75, 3.05) is 7.11 Å². The number of benzene rings is 2. The number of nitrogens with one attached hydrogen (secondary N) is 1. The Morgan fingerprint density at radius 1 is 1.22 bits per heavy atom. The number of halogens is 4. The van der Waals surface area contributed by atoms with Gasteiger partial charge in [-0.3, -0.25) is 4.79 Å². The van der Waals surface area contributed by atoms with Gasteiger partial charge in [-0.2, -0.15) is 13.2 Å². The predicted molar refractivity (Wildman–Crippen MR) is 100 cm³/mol. The molecule has 1 N–H and O–H groups in total. The molecule has 1 saturated heterocycles. The van der Waals surface area contributed by atoms with Crippen LogP contribution in [0, 0.1) is 0 Å². The summed E-state index contributed by atoms with van der Waals surface area (Å²) in [5.74, 6) is 0.119. The van der Waals surface area contributed by atoms with Gasteiger partial charge in [-0.1, -0.05) is 29.8 Å². The van der Waals surface area contributed by atoms with Crippen LogP contribution < -0.4 is 10.1 Å². The van der Waals surface area contributed by atoms with Crippen molar-refractivity contribution in [2.45, 2.75) is 6.18 Å². The van der Waals surface area contributed by atoms with Gasteiger partial charge in [-0.15, -0.1) is 0 Å². The predicted octanol–water partition coefficient (Wildman–Crippen LogP) is 5.26. The highest BCUT2D eigenvalue weighted by molar-refractivity contribution is 8.18. The van der Waals surface area contributed by atoms with Crippen LogP contribution in [0.1, 0.15) is 11.1 Å². The molecule has 1 heterocycles. The number of nitrogens with zero attached hydrogens (tertiary/aromatic N) is 1. The van der Waals surface area contributed by atoms with Crippen LogP contribution in [0.4, 0.5) is 18.9 Å². The average Bonchev–Trinajstić information content (AvgIpc) is 2.95. The van der Waals surface area contributed by atoms with E-state index in [0.717, 1.165) is 23.9 Å². The molecule has 0 aromatic heterocycles. The topological polar surface area (TPSA) is 50.7 Å². The lowest BCUT2D eigenvalue weighted by Crippen LogP contribution is -2.19. The molecule has 4 nitrogen and oxygen atoms in total. The van der Waals surface area contributed by atoms with Gasteiger partial charge in [0, 0.05) is 10.6 Å². The van der Waals surface area contributed by atoms with E-state index in [-0.39, 0.29) is 15.9 Å². The second-order valence-electron chi connectivity index (χ2n) is 5.38. The number of thioether (sulfide) groups is 1. The van der Waals surface area contributed by atoms with Gasteiger partial charge in [-0.05, 0) is 42.1 Å². The van der Waals surface area contributed by atoms with Crippen molar-refractivity contribution in [3.8, 4) is 5.75 Å². The Hall–Kier alpha value is -2.45. The minimum atomic E-state index is -4.62. The Morgan fingerprint density at radius 2 is 1.96 bits per heavy atom. The normalized spacial score (nSPS) is 17.4. The molecule has 0 aliphatic carbocycles. The van der Waals surface area contributed by atoms with E-state index in [4.69, 9.17) is 16.3 Å². The SMILES string of the molecule is COc1ccccc1/C=C1/SC(=Nc2ccc(Cl)cc2C(F)(F)F)NC1=O. The monoisotopic (exact) mass is 412 g/mol. The van der Waals surface area contributed by atoms with Crippen molar-refractivity contribution < 1.29 is 22.7 Å². The number of aliphatic imine (C=N–C) groups is 1. The molecule has 1 amide bonds. The van der Waals surface area contributed by atoms with Crippen molar-refractivity contribution >= 4 is 46.2 Å². The summed E-state index contributed by atoms with van der Waals surface area (Å²) in [6, 6.07) is 10.3. The lowest BCUT2D eigenvalue weighted by Gasteiger charge is -2.10. The highest BCUT2D eigenvalue weighted by Crippen LogP contribution is 2.39. The average molecular weight is 413 g/mol. The van der Waals surface area contributed by atoms with Gasteiger partial charge in [-0.25, -0.2) is 4.99 Å². The van der Waals surface area contributed by atoms with Crippen LogP contribution in [-0.2, 0) is 11.0 Å². The molecule has 0 radical (unpaired) electrons. The molecular formula is C18H12ClF3N2O2S. The number of methoxy groups -OCH3 is 1. The summed E-state index contributed by atoms with van der Waals surface area (Å²) >= 11 is 6.61. The summed E-state index contributed by atoms with van der Waals surface area (Å²) in [4.78, 5) is 16.4. The number of amides is 1. The van der Waals surface area contributed by atoms with Crippen LogP contribution in [0.25, 0.3) is 6.08 Å². The largest absolute Gasteiger partial charge is 0.496 e. The Labute approximate surface area is 162 Å². The Kier molecular flexibility index (Phi) is 5.48. The molecule has 0 unspecified atom stereocenters. The minimum absolute atomic E-state index is 0.0499. The Morgan fingerprint density at radius 3 is 2.67 bits per heavy atom. The number of hydrogen-bond acceptors (Lipinski definition) is 4. The molecule has 3 rings (SSSR count). The lowest BCUT2D eigenvalue weighted by atomic mass is 10.2. The lowest BCUT2D eigenvalue weighted by molar-refractivity contribution is -0.137. The smallest absolute Gasteiger partial charge is 0.418 e. The minimum Gasteiger partial charge on any atom is -0.496 e. The first-order valence-electron chi connectivity index (χ1n) is 7.57. The number of carbonyl (C=O) groups is 1. The van der Waals surface area contributed by atoms with Gasteiger partial charge < -0.3 is 10.1 Å². The van der Waals surface area contributed by atoms with Crippen molar-refractivity contribution in [1.82, 2.24) is 5.32 Å². The zero-order valence-electron chi connectivity index (χ0n) is 13.8. The van der Waals surface area contributed by atoms with Crippen LogP contribution in [-0.4, -0.2) is 18.2 Å². The zero-order chi connectivity index (χ0) is 19.6. The van der Waals surface area contributed by atoms with Gasteiger partial charge in [0.1, 0.15) is 5.75 Å². The van der Waals surface area contributed by atoms with E-state index in [0.29, 0.717) is 16.2 Å². The van der Waals surface area contributed by atoms with Crippen LogP contribution in [0.2, 0.25) is 5.02 Å². The second-order valence-corrected chi connectivity index (χ2v) is 6.85. The molecule has 0 spiro atoms. The number of alkyl halides is 3. The van der Waals surface area contributed by atoms with Crippen molar-refractivity contribution in [3.63, 3.8) is 0 Å². The first-order chi connectivity index (χ1) is 12.8. The van der Waals surface area contributed by atoms with E-state index >= 15 is 0 Å². The maximum Gasteiger partial charge on any atom is 0.418 e. The van der Waals surface area contributed by atoms with E-state index in [2.05, 4.69) is 10.3 Å². The molecule has 140 valence electrons. The molecule has 2 aromatic carbocycles. The first-order valence-corrected chi connectivity index (χ1v) is 8.77. The van der Waals surface area contributed by atoms with Crippen LogP contribution in [0.3, 0.4) is 0 Å². The zero-order valence-corrected chi connectivity index (χ0v) is 15.4. The molecule has 0 atom stereocenters. The van der Waals surface area contributed by atoms with Gasteiger partial charge in [0.15, 0.2) is 5.17 Å². The molecule has 0 bridgehead atoms. The summed E-state index contributed by atoms with van der Waals surface area (Å²) < 4.78 is 44.8. The standard InChI is InChI=1S/C18H12ClF3N2O2S/c1-26-14-5-3-2-4-10(14)8-15-16(25)24-17(27-15)23-13-7-6-11(19)9-12(13)18(20,21)22/h2-9H,1H3,(H,23,24,25)/b15-8+. The third kappa shape index (κ3) is 4.45. The van der Waals surface area contributed by atoms with Crippen LogP contribution in [0.5, 0.6) is 5.75 Å². The van der Waals surface area contributed by atoms with E-state index in [1.807, 2.05) is 0 Å². The summed E-state index contributed by atoms with van der Waals surface area (Å²) in [5.41, 5.74) is -0.630. The molecule has 9 heteroatoms. The number of carbonyl (C=O) groups excluding carboxylic acids is 1. The Balaban J connectivity index is 1.93. The highest BCUT2D eigenvalue weighted by atomic mass is 35.5. The van der Waals surface area contributed by atoms with E-state index in [1.165, 1.54) is 13.2 Å². The van der Waals surface area contributed by atoms with Crippen molar-refractivity contribution in [1.29, 1.82) is 0 Å². The molecule has 27 heavy (non-hydrogen) atoms. The molecule has 1 fully saturated rings. The highest BCUT2D eigenvalue weighted by Gasteiger charge is 2.34. The van der Waals surface area contributed by atoms with Crippen LogP contribution in [0.15, 0.2) is 52.4 Å². The summed E-state index contributed by atoms with van der Waals surface area (Å²) in [7, 11) is 1.51. The number of para-hydroxylation sites is 1. The van der Waals surface area contributed by atoms with Gasteiger partial charge >= 0.3 is 6.18 Å². The molecule has 1 aliphatic rings. The summed E-state index contributed by atoms with van der Waals surface area (Å²) in [6.45, 7) is 0. The maximum absolute atomic E-state index is 13.2. The van der Waals surface area contributed by atoms with E-state index in [1.54, 1.807) is 30.3 Å². The van der Waals surface area contributed by atoms with Crippen LogP contribution >= 0.6 is 23.4 Å². The fraction of sp³-hybridized carbons (Fsp3) is 0.111. The summed E-state index contributed by atoms with van der Waals surface area (Å²) in [5, 5.41) is 2.47. The maximum atomic E-state index is 13.2. The quantitative estimate of drug-likeness (QED) is 0.700. The molecule has 2 aromatic rings. The fourth-order valence-electron chi connectivity index (χ4n) is 2.35. The van der Waals surface area contributed by atoms with Gasteiger partial charge in [0.25, 0.3) is 5.91 Å². The number of rotatable bonds is 3. The first kappa shape index (κ1) is 19.3. The van der Waals surface area contributed by atoms with Gasteiger partial charge in [0.05, 0.1) is 23.3 Å². The fourth-order valence-corrected chi connectivity index (χ4v) is 3.35. The van der Waals surface area contributed by atoms with Crippen molar-refractivity contribution in [2.24, 2.45) is 4.99 Å². The van der Waals surface area contributed by atoms with Crippen molar-refractivity contribution in [3.05, 3.63) is 63.5 Å². The Bertz CT molecular complexity index is 958. The third-order valence-corrected chi connectivity index (χ3v) is 4.71. The molecule has 1 aliphatic heterocycles. The summed E-state index contributed by atoms with van der Waals surface area (Å²) in [6.07, 6.45) is -3.03. The molecular weight excluding hydrogens is 401 g/mol. The molecule has 0 saturated carbocycles. The third-order valence-electron chi connectivity index (χ3n) is 3.56. The number of ether oxygens (including phenoxy) is 1. The van der Waals surface area contributed by atoms with E-state index < -0.39 is 17.6 Å². The van der Waals surface area contributed by atoms with Gasteiger partial charge in [0.2, 0.25) is 0 Å².